The van der Waals surface area contributed by atoms with Gasteiger partial charge in [0.05, 0.1) is 6.61 Å². The summed E-state index contributed by atoms with van der Waals surface area (Å²) in [7, 11) is 0. The standard InChI is InChI=1S/C16H22N4O2S/c1-16(2)11-19(7-8-20(16)9-10-21)15-18-17-14(23-15)12-3-5-13(22)6-4-12/h3-6,21-22H,7-11H2,1-2H3. The summed E-state index contributed by atoms with van der Waals surface area (Å²) in [5.74, 6) is 0.250. The third-order valence-electron chi connectivity index (χ3n) is 4.24. The summed E-state index contributed by atoms with van der Waals surface area (Å²) < 4.78 is 0. The van der Waals surface area contributed by atoms with Crippen molar-refractivity contribution in [2.45, 2.75) is 19.4 Å². The fourth-order valence-electron chi connectivity index (χ4n) is 2.95. The number of hydrogen-bond donors (Lipinski definition) is 2. The number of β-amino-alcohol motifs (C(OH)–C–C–N with tert-alkyl or cyclic N) is 1. The summed E-state index contributed by atoms with van der Waals surface area (Å²) in [4.78, 5) is 4.57. The molecule has 0 radical (unpaired) electrons. The SMILES string of the molecule is CC1(C)CN(c2nnc(-c3ccc(O)cc3)s2)CCN1CCO. The third-order valence-corrected chi connectivity index (χ3v) is 5.28. The van der Waals surface area contributed by atoms with Gasteiger partial charge in [0, 0.05) is 37.3 Å². The van der Waals surface area contributed by atoms with Gasteiger partial charge >= 0.3 is 0 Å². The number of benzene rings is 1. The highest BCUT2D eigenvalue weighted by Crippen LogP contribution is 2.32. The maximum atomic E-state index is 9.38. The maximum Gasteiger partial charge on any atom is 0.208 e. The molecule has 6 nitrogen and oxygen atoms in total. The van der Waals surface area contributed by atoms with E-state index in [-0.39, 0.29) is 17.9 Å². The molecule has 0 saturated carbocycles. The van der Waals surface area contributed by atoms with E-state index < -0.39 is 0 Å². The summed E-state index contributed by atoms with van der Waals surface area (Å²) in [6, 6.07) is 7.02. The van der Waals surface area contributed by atoms with Crippen LogP contribution in [0, 0.1) is 0 Å². The molecule has 0 unspecified atom stereocenters. The van der Waals surface area contributed by atoms with Gasteiger partial charge in [-0.2, -0.15) is 0 Å². The average Bonchev–Trinajstić information content (AvgIpc) is 3.00. The van der Waals surface area contributed by atoms with Crippen molar-refractivity contribution in [1.29, 1.82) is 0 Å². The predicted molar refractivity (Wildman–Crippen MR) is 92.0 cm³/mol. The number of phenolic OH excluding ortho intramolecular Hbond substituents is 1. The van der Waals surface area contributed by atoms with Crippen LogP contribution in [0.25, 0.3) is 10.6 Å². The second-order valence-electron chi connectivity index (χ2n) is 6.38. The van der Waals surface area contributed by atoms with Gasteiger partial charge < -0.3 is 15.1 Å². The van der Waals surface area contributed by atoms with E-state index in [1.807, 2.05) is 12.1 Å². The van der Waals surface area contributed by atoms with Gasteiger partial charge in [-0.3, -0.25) is 4.90 Å². The summed E-state index contributed by atoms with van der Waals surface area (Å²) in [5.41, 5.74) is 0.954. The molecule has 23 heavy (non-hydrogen) atoms. The average molecular weight is 334 g/mol. The first-order valence-corrected chi connectivity index (χ1v) is 8.55. The zero-order valence-corrected chi connectivity index (χ0v) is 14.3. The van der Waals surface area contributed by atoms with Crippen LogP contribution in [-0.2, 0) is 0 Å². The van der Waals surface area contributed by atoms with E-state index in [1.54, 1.807) is 23.5 Å². The predicted octanol–water partition coefficient (Wildman–Crippen LogP) is 1.80. The quantitative estimate of drug-likeness (QED) is 0.888. The minimum atomic E-state index is -0.00858. The van der Waals surface area contributed by atoms with E-state index in [9.17, 15) is 10.2 Å². The molecule has 2 N–H and O–H groups in total. The molecule has 0 atom stereocenters. The molecule has 7 heteroatoms. The molecule has 0 spiro atoms. The molecule has 124 valence electrons. The van der Waals surface area contributed by atoms with Crippen LogP contribution in [0.3, 0.4) is 0 Å². The number of aliphatic hydroxyl groups is 1. The van der Waals surface area contributed by atoms with Crippen LogP contribution in [0.2, 0.25) is 0 Å². The summed E-state index contributed by atoms with van der Waals surface area (Å²) in [6.07, 6.45) is 0. The van der Waals surface area contributed by atoms with E-state index in [0.717, 1.165) is 35.3 Å². The van der Waals surface area contributed by atoms with Crippen molar-refractivity contribution in [1.82, 2.24) is 15.1 Å². The Morgan fingerprint density at radius 3 is 2.57 bits per heavy atom. The first-order chi connectivity index (χ1) is 11.0. The number of anilines is 1. The Kier molecular flexibility index (Phi) is 4.52. The molecule has 1 saturated heterocycles. The first kappa shape index (κ1) is 16.2. The first-order valence-electron chi connectivity index (χ1n) is 7.73. The number of hydrogen-bond acceptors (Lipinski definition) is 7. The van der Waals surface area contributed by atoms with Crippen LogP contribution in [-0.4, -0.2) is 63.6 Å². The van der Waals surface area contributed by atoms with Gasteiger partial charge in [-0.1, -0.05) is 11.3 Å². The number of piperazine rings is 1. The summed E-state index contributed by atoms with van der Waals surface area (Å²) in [5, 5.41) is 29.0. The molecule has 2 heterocycles. The summed E-state index contributed by atoms with van der Waals surface area (Å²) >= 11 is 1.57. The van der Waals surface area contributed by atoms with Crippen molar-refractivity contribution in [2.24, 2.45) is 0 Å². The second kappa shape index (κ2) is 6.43. The van der Waals surface area contributed by atoms with Crippen molar-refractivity contribution < 1.29 is 10.2 Å². The van der Waals surface area contributed by atoms with Gasteiger partial charge in [0.2, 0.25) is 5.13 Å². The largest absolute Gasteiger partial charge is 0.508 e. The van der Waals surface area contributed by atoms with E-state index in [2.05, 4.69) is 33.8 Å². The number of aromatic nitrogens is 2. The minimum Gasteiger partial charge on any atom is -0.508 e. The Balaban J connectivity index is 1.75. The van der Waals surface area contributed by atoms with Gasteiger partial charge in [0.1, 0.15) is 10.8 Å². The summed E-state index contributed by atoms with van der Waals surface area (Å²) in [6.45, 7) is 7.92. The van der Waals surface area contributed by atoms with E-state index in [0.29, 0.717) is 6.54 Å². The van der Waals surface area contributed by atoms with Gasteiger partial charge in [0.15, 0.2) is 0 Å². The Hall–Kier alpha value is -1.70. The lowest BCUT2D eigenvalue weighted by Crippen LogP contribution is -2.60. The van der Waals surface area contributed by atoms with Crippen LogP contribution in [0.4, 0.5) is 5.13 Å². The lowest BCUT2D eigenvalue weighted by atomic mass is 9.99. The molecule has 1 aromatic heterocycles. The van der Waals surface area contributed by atoms with Crippen LogP contribution in [0.15, 0.2) is 24.3 Å². The molecule has 0 amide bonds. The number of aromatic hydroxyl groups is 1. The van der Waals surface area contributed by atoms with Crippen molar-refractivity contribution in [3.63, 3.8) is 0 Å². The molecule has 3 rings (SSSR count). The second-order valence-corrected chi connectivity index (χ2v) is 7.34. The zero-order chi connectivity index (χ0) is 16.4. The molecule has 1 fully saturated rings. The molecule has 1 aliphatic heterocycles. The van der Waals surface area contributed by atoms with Crippen LogP contribution < -0.4 is 4.90 Å². The molecule has 0 bridgehead atoms. The van der Waals surface area contributed by atoms with Crippen LogP contribution in [0.5, 0.6) is 5.75 Å². The van der Waals surface area contributed by atoms with E-state index in [1.165, 1.54) is 0 Å². The Labute approximate surface area is 140 Å². The fourth-order valence-corrected chi connectivity index (χ4v) is 3.83. The third kappa shape index (κ3) is 3.46. The molecule has 1 aromatic carbocycles. The van der Waals surface area contributed by atoms with Crippen molar-refractivity contribution >= 4 is 16.5 Å². The van der Waals surface area contributed by atoms with Crippen molar-refractivity contribution in [2.75, 3.05) is 37.7 Å². The lowest BCUT2D eigenvalue weighted by molar-refractivity contribution is 0.0812. The van der Waals surface area contributed by atoms with Gasteiger partial charge in [0.25, 0.3) is 0 Å². The highest BCUT2D eigenvalue weighted by molar-refractivity contribution is 7.18. The maximum absolute atomic E-state index is 9.38. The molecular weight excluding hydrogens is 312 g/mol. The van der Waals surface area contributed by atoms with Crippen LogP contribution >= 0.6 is 11.3 Å². The van der Waals surface area contributed by atoms with Gasteiger partial charge in [-0.25, -0.2) is 0 Å². The van der Waals surface area contributed by atoms with Crippen molar-refractivity contribution in [3.8, 4) is 16.3 Å². The minimum absolute atomic E-state index is 0.00858. The molecule has 0 aliphatic carbocycles. The normalized spacial score (nSPS) is 18.3. The van der Waals surface area contributed by atoms with E-state index in [4.69, 9.17) is 0 Å². The Morgan fingerprint density at radius 1 is 1.17 bits per heavy atom. The number of aliphatic hydroxyl groups excluding tert-OH is 1. The fraction of sp³-hybridized carbons (Fsp3) is 0.500. The Morgan fingerprint density at radius 2 is 1.91 bits per heavy atom. The monoisotopic (exact) mass is 334 g/mol. The molecular formula is C16H22N4O2S. The molecule has 1 aliphatic rings. The van der Waals surface area contributed by atoms with E-state index >= 15 is 0 Å². The Bertz CT molecular complexity index is 656. The highest BCUT2D eigenvalue weighted by Gasteiger charge is 2.34. The molecule has 2 aromatic rings. The number of nitrogens with zero attached hydrogens (tertiary/aromatic N) is 4. The smallest absolute Gasteiger partial charge is 0.208 e. The van der Waals surface area contributed by atoms with Gasteiger partial charge in [-0.15, -0.1) is 10.2 Å². The van der Waals surface area contributed by atoms with Crippen LogP contribution in [0.1, 0.15) is 13.8 Å². The van der Waals surface area contributed by atoms with Crippen molar-refractivity contribution in [3.05, 3.63) is 24.3 Å². The number of rotatable bonds is 4. The number of phenols is 1. The highest BCUT2D eigenvalue weighted by atomic mass is 32.1. The topological polar surface area (TPSA) is 72.7 Å². The van der Waals surface area contributed by atoms with Gasteiger partial charge in [-0.05, 0) is 38.1 Å². The zero-order valence-electron chi connectivity index (χ0n) is 13.4. The lowest BCUT2D eigenvalue weighted by Gasteiger charge is -2.46.